The highest BCUT2D eigenvalue weighted by molar-refractivity contribution is 5.95. The van der Waals surface area contributed by atoms with E-state index >= 15 is 0 Å². The number of pyridine rings is 1. The van der Waals surface area contributed by atoms with Gasteiger partial charge < -0.3 is 19.5 Å². The van der Waals surface area contributed by atoms with Gasteiger partial charge in [-0.25, -0.2) is 4.98 Å². The summed E-state index contributed by atoms with van der Waals surface area (Å²) in [7, 11) is 1.55. The number of ether oxygens (including phenoxy) is 3. The highest BCUT2D eigenvalue weighted by Gasteiger charge is 2.46. The van der Waals surface area contributed by atoms with Gasteiger partial charge in [0.15, 0.2) is 5.79 Å². The first kappa shape index (κ1) is 16.2. The second-order valence-electron chi connectivity index (χ2n) is 6.65. The highest BCUT2D eigenvalue weighted by Crippen LogP contribution is 2.39. The van der Waals surface area contributed by atoms with Crippen LogP contribution in [0.15, 0.2) is 18.3 Å². The molecule has 3 rings (SSSR count). The number of carbonyl (C=O) groups excluding carboxylic acids is 1. The molecular formula is C17H24N2O4. The lowest BCUT2D eigenvalue weighted by atomic mass is 9.87. The van der Waals surface area contributed by atoms with E-state index < -0.39 is 11.2 Å². The Kier molecular flexibility index (Phi) is 4.55. The van der Waals surface area contributed by atoms with Crippen LogP contribution < -0.4 is 10.1 Å². The average Bonchev–Trinajstić information content (AvgIpc) is 2.59. The molecule has 0 aromatic carbocycles. The van der Waals surface area contributed by atoms with Crippen LogP contribution in [-0.4, -0.2) is 37.0 Å². The number of rotatable bonds is 3. The number of methoxy groups -OCH3 is 1. The summed E-state index contributed by atoms with van der Waals surface area (Å²) in [5.74, 6) is -0.0624. The number of amides is 1. The summed E-state index contributed by atoms with van der Waals surface area (Å²) in [4.78, 5) is 16.7. The maximum absolute atomic E-state index is 12.6. The quantitative estimate of drug-likeness (QED) is 0.927. The maximum atomic E-state index is 12.6. The molecule has 6 nitrogen and oxygen atoms in total. The predicted molar refractivity (Wildman–Crippen MR) is 85.2 cm³/mol. The molecular weight excluding hydrogens is 296 g/mol. The van der Waals surface area contributed by atoms with Crippen molar-refractivity contribution < 1.29 is 19.0 Å². The number of nitrogens with zero attached hydrogens (tertiary/aromatic N) is 1. The summed E-state index contributed by atoms with van der Waals surface area (Å²) in [5.41, 5.74) is -0.0576. The van der Waals surface area contributed by atoms with Crippen molar-refractivity contribution in [1.29, 1.82) is 0 Å². The van der Waals surface area contributed by atoms with Crippen molar-refractivity contribution in [3.05, 3.63) is 18.3 Å². The van der Waals surface area contributed by atoms with Gasteiger partial charge in [0.05, 0.1) is 37.6 Å². The first-order chi connectivity index (χ1) is 11.1. The zero-order valence-electron chi connectivity index (χ0n) is 13.8. The van der Waals surface area contributed by atoms with Crippen molar-refractivity contribution >= 4 is 11.6 Å². The molecule has 1 saturated heterocycles. The standard InChI is InChI=1S/C17H24N2O4/c1-16(11-22-17(23-12-16)8-4-3-5-9-17)15(20)19-13-6-7-14(21-2)18-10-13/h6-7,10H,3-5,8-9,11-12H2,1-2H3,(H,19,20). The van der Waals surface area contributed by atoms with Crippen LogP contribution in [0.4, 0.5) is 5.69 Å². The van der Waals surface area contributed by atoms with E-state index in [-0.39, 0.29) is 5.91 Å². The molecule has 0 atom stereocenters. The van der Waals surface area contributed by atoms with Crippen molar-refractivity contribution in [1.82, 2.24) is 4.98 Å². The summed E-state index contributed by atoms with van der Waals surface area (Å²) >= 11 is 0. The van der Waals surface area contributed by atoms with Crippen molar-refractivity contribution in [2.24, 2.45) is 5.41 Å². The Morgan fingerprint density at radius 1 is 1.22 bits per heavy atom. The third kappa shape index (κ3) is 3.48. The van der Waals surface area contributed by atoms with Crippen molar-refractivity contribution in [3.8, 4) is 5.88 Å². The number of anilines is 1. The molecule has 1 aliphatic heterocycles. The minimum atomic E-state index is -0.692. The fraction of sp³-hybridized carbons (Fsp3) is 0.647. The SMILES string of the molecule is COc1ccc(NC(=O)C2(C)COC3(CCCCC3)OC2)cn1. The van der Waals surface area contributed by atoms with E-state index in [1.54, 1.807) is 25.4 Å². The lowest BCUT2D eigenvalue weighted by Gasteiger charge is -2.45. The van der Waals surface area contributed by atoms with Gasteiger partial charge in [0.2, 0.25) is 11.8 Å². The number of aromatic nitrogens is 1. The van der Waals surface area contributed by atoms with Gasteiger partial charge in [-0.1, -0.05) is 6.42 Å². The van der Waals surface area contributed by atoms with E-state index in [0.29, 0.717) is 24.8 Å². The molecule has 0 radical (unpaired) electrons. The number of carbonyl (C=O) groups is 1. The molecule has 2 aliphatic rings. The zero-order chi connectivity index (χ0) is 16.3. The Balaban J connectivity index is 1.60. The topological polar surface area (TPSA) is 69.7 Å². The van der Waals surface area contributed by atoms with Gasteiger partial charge in [0.1, 0.15) is 0 Å². The smallest absolute Gasteiger partial charge is 0.235 e. The molecule has 1 aromatic rings. The summed E-state index contributed by atoms with van der Waals surface area (Å²) in [5, 5.41) is 2.88. The lowest BCUT2D eigenvalue weighted by Crippen LogP contribution is -2.53. The van der Waals surface area contributed by atoms with Crippen molar-refractivity contribution in [2.75, 3.05) is 25.6 Å². The molecule has 1 aromatic heterocycles. The van der Waals surface area contributed by atoms with E-state index in [1.807, 2.05) is 6.92 Å². The summed E-state index contributed by atoms with van der Waals surface area (Å²) in [6, 6.07) is 3.48. The van der Waals surface area contributed by atoms with Crippen LogP contribution in [0, 0.1) is 5.41 Å². The highest BCUT2D eigenvalue weighted by atomic mass is 16.7. The molecule has 23 heavy (non-hydrogen) atoms. The first-order valence-electron chi connectivity index (χ1n) is 8.15. The molecule has 2 fully saturated rings. The summed E-state index contributed by atoms with van der Waals surface area (Å²) < 4.78 is 17.0. The van der Waals surface area contributed by atoms with E-state index in [9.17, 15) is 4.79 Å². The molecule has 1 spiro atoms. The lowest BCUT2D eigenvalue weighted by molar-refractivity contribution is -0.306. The van der Waals surface area contributed by atoms with E-state index in [2.05, 4.69) is 10.3 Å². The minimum Gasteiger partial charge on any atom is -0.481 e. The molecule has 0 bridgehead atoms. The van der Waals surface area contributed by atoms with Gasteiger partial charge in [-0.05, 0) is 25.8 Å². The molecule has 2 heterocycles. The second-order valence-corrected chi connectivity index (χ2v) is 6.65. The molecule has 1 amide bonds. The predicted octanol–water partition coefficient (Wildman–Crippen LogP) is 2.74. The monoisotopic (exact) mass is 320 g/mol. The van der Waals surface area contributed by atoms with Gasteiger partial charge in [0, 0.05) is 18.9 Å². The zero-order valence-corrected chi connectivity index (χ0v) is 13.8. The maximum Gasteiger partial charge on any atom is 0.235 e. The van der Waals surface area contributed by atoms with E-state index in [1.165, 1.54) is 6.42 Å². The van der Waals surface area contributed by atoms with Gasteiger partial charge in [0.25, 0.3) is 0 Å². The van der Waals surface area contributed by atoms with Crippen LogP contribution >= 0.6 is 0 Å². The van der Waals surface area contributed by atoms with Crippen molar-refractivity contribution in [2.45, 2.75) is 44.8 Å². The Morgan fingerprint density at radius 2 is 1.91 bits per heavy atom. The van der Waals surface area contributed by atoms with Gasteiger partial charge in [-0.2, -0.15) is 0 Å². The average molecular weight is 320 g/mol. The van der Waals surface area contributed by atoms with Crippen LogP contribution in [0.5, 0.6) is 5.88 Å². The molecule has 6 heteroatoms. The Bertz CT molecular complexity index is 542. The molecule has 1 N–H and O–H groups in total. The largest absolute Gasteiger partial charge is 0.481 e. The van der Waals surface area contributed by atoms with Crippen LogP contribution in [-0.2, 0) is 14.3 Å². The third-order valence-corrected chi connectivity index (χ3v) is 4.67. The van der Waals surface area contributed by atoms with E-state index in [4.69, 9.17) is 14.2 Å². The van der Waals surface area contributed by atoms with Crippen LogP contribution in [0.1, 0.15) is 39.0 Å². The normalized spacial score (nSPS) is 22.5. The summed E-state index contributed by atoms with van der Waals surface area (Å²) in [6.07, 6.45) is 6.91. The fourth-order valence-electron chi connectivity index (χ4n) is 3.03. The van der Waals surface area contributed by atoms with Crippen LogP contribution in [0.25, 0.3) is 0 Å². The molecule has 1 aliphatic carbocycles. The van der Waals surface area contributed by atoms with Gasteiger partial charge in [-0.15, -0.1) is 0 Å². The molecule has 126 valence electrons. The van der Waals surface area contributed by atoms with E-state index in [0.717, 1.165) is 25.7 Å². The number of hydrogen-bond donors (Lipinski definition) is 1. The summed E-state index contributed by atoms with van der Waals surface area (Å²) in [6.45, 7) is 2.62. The van der Waals surface area contributed by atoms with Gasteiger partial charge in [-0.3, -0.25) is 4.79 Å². The number of hydrogen-bond acceptors (Lipinski definition) is 5. The Labute approximate surface area is 136 Å². The molecule has 1 saturated carbocycles. The fourth-order valence-corrected chi connectivity index (χ4v) is 3.03. The molecule has 0 unspecified atom stereocenters. The number of nitrogens with one attached hydrogen (secondary N) is 1. The van der Waals surface area contributed by atoms with Crippen molar-refractivity contribution in [3.63, 3.8) is 0 Å². The Hall–Kier alpha value is -1.66. The van der Waals surface area contributed by atoms with Gasteiger partial charge >= 0.3 is 0 Å². The minimum absolute atomic E-state index is 0.116. The Morgan fingerprint density at radius 3 is 2.48 bits per heavy atom. The third-order valence-electron chi connectivity index (χ3n) is 4.67. The van der Waals surface area contributed by atoms with Crippen LogP contribution in [0.3, 0.4) is 0 Å². The van der Waals surface area contributed by atoms with Crippen LogP contribution in [0.2, 0.25) is 0 Å². The first-order valence-corrected chi connectivity index (χ1v) is 8.15. The second kappa shape index (κ2) is 6.45.